The van der Waals surface area contributed by atoms with Crippen molar-refractivity contribution in [1.82, 2.24) is 0 Å². The monoisotopic (exact) mass is 328 g/mol. The van der Waals surface area contributed by atoms with Crippen LogP contribution < -0.4 is 15.2 Å². The molecule has 0 saturated carbocycles. The molecule has 0 fully saturated rings. The van der Waals surface area contributed by atoms with Gasteiger partial charge in [0.15, 0.2) is 0 Å². The van der Waals surface area contributed by atoms with Crippen molar-refractivity contribution in [1.29, 1.82) is 5.26 Å². The quantitative estimate of drug-likeness (QED) is 0.770. The third kappa shape index (κ3) is 2.38. The molecule has 1 atom stereocenters. The van der Waals surface area contributed by atoms with Crippen molar-refractivity contribution in [3.8, 4) is 17.6 Å². The molecule has 122 valence electrons. The van der Waals surface area contributed by atoms with Crippen LogP contribution in [0.4, 0.5) is 0 Å². The summed E-state index contributed by atoms with van der Waals surface area (Å²) in [5.74, 6) is 1.32. The van der Waals surface area contributed by atoms with E-state index in [4.69, 9.17) is 15.2 Å². The average Bonchev–Trinajstić information content (AvgIpc) is 2.67. The van der Waals surface area contributed by atoms with Crippen molar-refractivity contribution >= 4 is 10.8 Å². The zero-order valence-electron chi connectivity index (χ0n) is 13.7. The molecule has 2 N–H and O–H groups in total. The lowest BCUT2D eigenvalue weighted by Gasteiger charge is -2.27. The number of benzene rings is 3. The van der Waals surface area contributed by atoms with Crippen molar-refractivity contribution in [2.24, 2.45) is 5.73 Å². The first-order valence-electron chi connectivity index (χ1n) is 7.96. The van der Waals surface area contributed by atoms with Crippen LogP contribution in [0.5, 0.6) is 11.5 Å². The van der Waals surface area contributed by atoms with Gasteiger partial charge in [-0.3, -0.25) is 0 Å². The van der Waals surface area contributed by atoms with E-state index in [2.05, 4.69) is 6.07 Å². The maximum absolute atomic E-state index is 9.66. The minimum atomic E-state index is -0.284. The number of nitriles is 1. The lowest BCUT2D eigenvalue weighted by molar-refractivity contribution is 0.397. The van der Waals surface area contributed by atoms with Gasteiger partial charge in [-0.1, -0.05) is 48.5 Å². The average molecular weight is 328 g/mol. The molecule has 0 spiro atoms. The van der Waals surface area contributed by atoms with Gasteiger partial charge in [0.05, 0.1) is 13.0 Å². The van der Waals surface area contributed by atoms with Gasteiger partial charge in [0.2, 0.25) is 5.88 Å². The molecular weight excluding hydrogens is 312 g/mol. The molecule has 4 nitrogen and oxygen atoms in total. The Morgan fingerprint density at radius 2 is 1.92 bits per heavy atom. The molecule has 4 heteroatoms. The van der Waals surface area contributed by atoms with Crippen LogP contribution in [0.25, 0.3) is 10.8 Å². The first kappa shape index (κ1) is 15.1. The van der Waals surface area contributed by atoms with Gasteiger partial charge in [0.25, 0.3) is 0 Å². The molecule has 0 aromatic heterocycles. The van der Waals surface area contributed by atoms with Crippen LogP contribution in [-0.4, -0.2) is 7.11 Å². The Bertz CT molecular complexity index is 1050. The molecule has 25 heavy (non-hydrogen) atoms. The van der Waals surface area contributed by atoms with Gasteiger partial charge in [-0.15, -0.1) is 0 Å². The van der Waals surface area contributed by atoms with Gasteiger partial charge in [-0.2, -0.15) is 5.26 Å². The Labute approximate surface area is 145 Å². The van der Waals surface area contributed by atoms with E-state index >= 15 is 0 Å². The number of methoxy groups -OCH3 is 1. The van der Waals surface area contributed by atoms with Gasteiger partial charge in [-0.05, 0) is 23.1 Å². The lowest BCUT2D eigenvalue weighted by atomic mass is 9.82. The summed E-state index contributed by atoms with van der Waals surface area (Å²) in [5, 5.41) is 11.7. The summed E-state index contributed by atoms with van der Waals surface area (Å²) in [7, 11) is 1.62. The SMILES string of the molecule is COc1cccc([C@@H]2C(C#N)=C(N)Oc3c2ccc2ccccc32)c1. The van der Waals surface area contributed by atoms with E-state index in [0.29, 0.717) is 11.3 Å². The highest BCUT2D eigenvalue weighted by Gasteiger charge is 2.31. The summed E-state index contributed by atoms with van der Waals surface area (Å²) < 4.78 is 11.2. The van der Waals surface area contributed by atoms with Gasteiger partial charge in [0, 0.05) is 10.9 Å². The first-order chi connectivity index (χ1) is 12.2. The molecule has 1 heterocycles. The van der Waals surface area contributed by atoms with Crippen molar-refractivity contribution in [2.75, 3.05) is 7.11 Å². The normalized spacial score (nSPS) is 16.1. The van der Waals surface area contributed by atoms with Crippen molar-refractivity contribution in [3.63, 3.8) is 0 Å². The summed E-state index contributed by atoms with van der Waals surface area (Å²) in [6, 6.07) is 21.9. The number of nitrogens with zero attached hydrogens (tertiary/aromatic N) is 1. The predicted molar refractivity (Wildman–Crippen MR) is 96.2 cm³/mol. The number of fused-ring (bicyclic) bond motifs is 3. The lowest BCUT2D eigenvalue weighted by Crippen LogP contribution is -2.21. The summed E-state index contributed by atoms with van der Waals surface area (Å²) in [6.45, 7) is 0. The molecule has 0 unspecified atom stereocenters. The van der Waals surface area contributed by atoms with Gasteiger partial charge in [-0.25, -0.2) is 0 Å². The maximum atomic E-state index is 9.66. The van der Waals surface area contributed by atoms with E-state index in [0.717, 1.165) is 27.6 Å². The Kier molecular flexibility index (Phi) is 3.55. The molecule has 0 amide bonds. The van der Waals surface area contributed by atoms with Crippen LogP contribution in [0.15, 0.2) is 72.1 Å². The summed E-state index contributed by atoms with van der Waals surface area (Å²) in [5.41, 5.74) is 8.38. The number of allylic oxidation sites excluding steroid dienone is 1. The van der Waals surface area contributed by atoms with Gasteiger partial charge in [0.1, 0.15) is 23.1 Å². The van der Waals surface area contributed by atoms with Crippen LogP contribution in [0, 0.1) is 11.3 Å². The number of hydrogen-bond donors (Lipinski definition) is 1. The molecule has 0 aliphatic carbocycles. The standard InChI is InChI=1S/C21H16N2O2/c1-24-15-7-4-6-14(11-15)19-17-10-9-13-5-2-3-8-16(13)20(17)25-21(23)18(19)12-22/h2-11,19H,23H2,1H3/t19-/m0/s1. The largest absolute Gasteiger partial charge is 0.497 e. The zero-order chi connectivity index (χ0) is 17.4. The smallest absolute Gasteiger partial charge is 0.205 e. The number of hydrogen-bond acceptors (Lipinski definition) is 4. The van der Waals surface area contributed by atoms with E-state index in [1.165, 1.54) is 0 Å². The Morgan fingerprint density at radius 1 is 1.08 bits per heavy atom. The summed E-state index contributed by atoms with van der Waals surface area (Å²) in [4.78, 5) is 0. The van der Waals surface area contributed by atoms with Crippen LogP contribution in [0.1, 0.15) is 17.0 Å². The fraction of sp³-hybridized carbons (Fsp3) is 0.0952. The van der Waals surface area contributed by atoms with Crippen LogP contribution >= 0.6 is 0 Å². The third-order valence-corrected chi connectivity index (χ3v) is 4.53. The van der Waals surface area contributed by atoms with Crippen LogP contribution in [0.2, 0.25) is 0 Å². The fourth-order valence-electron chi connectivity index (χ4n) is 3.35. The van der Waals surface area contributed by atoms with Crippen molar-refractivity contribution in [2.45, 2.75) is 5.92 Å². The molecule has 0 saturated heterocycles. The molecule has 0 bridgehead atoms. The minimum absolute atomic E-state index is 0.152. The van der Waals surface area contributed by atoms with Gasteiger partial charge >= 0.3 is 0 Å². The third-order valence-electron chi connectivity index (χ3n) is 4.53. The molecule has 4 rings (SSSR count). The second kappa shape index (κ2) is 5.88. The topological polar surface area (TPSA) is 68.3 Å². The molecule has 1 aliphatic rings. The van der Waals surface area contributed by atoms with E-state index in [1.807, 2.05) is 60.7 Å². The number of rotatable bonds is 2. The maximum Gasteiger partial charge on any atom is 0.205 e. The highest BCUT2D eigenvalue weighted by atomic mass is 16.5. The van der Waals surface area contributed by atoms with E-state index < -0.39 is 0 Å². The molecule has 1 aliphatic heterocycles. The number of ether oxygens (including phenoxy) is 2. The Morgan fingerprint density at radius 3 is 2.72 bits per heavy atom. The van der Waals surface area contributed by atoms with E-state index in [-0.39, 0.29) is 11.8 Å². The summed E-state index contributed by atoms with van der Waals surface area (Å²) >= 11 is 0. The van der Waals surface area contributed by atoms with Gasteiger partial charge < -0.3 is 15.2 Å². The highest BCUT2D eigenvalue weighted by molar-refractivity contribution is 5.90. The Hall–Kier alpha value is -3.45. The van der Waals surface area contributed by atoms with Crippen LogP contribution in [-0.2, 0) is 0 Å². The van der Waals surface area contributed by atoms with Crippen molar-refractivity contribution < 1.29 is 9.47 Å². The van der Waals surface area contributed by atoms with Crippen molar-refractivity contribution in [3.05, 3.63) is 83.2 Å². The predicted octanol–water partition coefficient (Wildman–Crippen LogP) is 4.07. The second-order valence-corrected chi connectivity index (χ2v) is 5.91. The van der Waals surface area contributed by atoms with Crippen LogP contribution in [0.3, 0.4) is 0 Å². The minimum Gasteiger partial charge on any atom is -0.497 e. The van der Waals surface area contributed by atoms with E-state index in [1.54, 1.807) is 7.11 Å². The molecule has 0 radical (unpaired) electrons. The zero-order valence-corrected chi connectivity index (χ0v) is 13.7. The highest BCUT2D eigenvalue weighted by Crippen LogP contribution is 2.45. The van der Waals surface area contributed by atoms with E-state index in [9.17, 15) is 5.26 Å². The molecular formula is C21H16N2O2. The number of nitrogens with two attached hydrogens (primary N) is 1. The molecule has 3 aromatic rings. The second-order valence-electron chi connectivity index (χ2n) is 5.91. The Balaban J connectivity index is 2.00. The summed E-state index contributed by atoms with van der Waals surface area (Å²) in [6.07, 6.45) is 0. The first-order valence-corrected chi connectivity index (χ1v) is 7.96. The fourth-order valence-corrected chi connectivity index (χ4v) is 3.35. The molecule has 3 aromatic carbocycles.